The van der Waals surface area contributed by atoms with Gasteiger partial charge in [0.1, 0.15) is 11.4 Å². The fraction of sp³-hybridized carbons (Fsp3) is 0.409. The van der Waals surface area contributed by atoms with Crippen molar-refractivity contribution in [1.29, 1.82) is 0 Å². The highest BCUT2D eigenvalue weighted by Gasteiger charge is 2.25. The number of hydrogen-bond acceptors (Lipinski definition) is 3. The second-order valence-electron chi connectivity index (χ2n) is 7.49. The largest absolute Gasteiger partial charge is 0.618 e. The van der Waals surface area contributed by atoms with E-state index in [-0.39, 0.29) is 46.3 Å². The van der Waals surface area contributed by atoms with E-state index in [9.17, 15) is 19.2 Å². The van der Waals surface area contributed by atoms with Gasteiger partial charge in [-0.05, 0) is 56.4 Å². The van der Waals surface area contributed by atoms with Crippen molar-refractivity contribution in [3.05, 3.63) is 58.2 Å². The van der Waals surface area contributed by atoms with Crippen molar-refractivity contribution >= 4 is 11.8 Å². The molecule has 2 amide bonds. The highest BCUT2D eigenvalue weighted by molar-refractivity contribution is 5.96. The molecule has 1 aliphatic rings. The maximum Gasteiger partial charge on any atom is 0.257 e. The van der Waals surface area contributed by atoms with Crippen LogP contribution >= 0.6 is 0 Å². The topological polar surface area (TPSA) is 85.1 Å². The fourth-order valence-corrected chi connectivity index (χ4v) is 3.16. The van der Waals surface area contributed by atoms with Gasteiger partial charge >= 0.3 is 0 Å². The lowest BCUT2D eigenvalue weighted by Gasteiger charge is -2.15. The Balaban J connectivity index is 1.90. The van der Waals surface area contributed by atoms with Crippen molar-refractivity contribution in [2.24, 2.45) is 0 Å². The van der Waals surface area contributed by atoms with Crippen molar-refractivity contribution in [2.45, 2.75) is 58.5 Å². The predicted octanol–water partition coefficient (Wildman–Crippen LogP) is 3.25. The number of rotatable bonds is 7. The van der Waals surface area contributed by atoms with Gasteiger partial charge in [-0.1, -0.05) is 13.8 Å². The van der Waals surface area contributed by atoms with Crippen LogP contribution in [0.2, 0.25) is 0 Å². The zero-order valence-corrected chi connectivity index (χ0v) is 16.9. The van der Waals surface area contributed by atoms with E-state index in [0.29, 0.717) is 10.3 Å². The minimum absolute atomic E-state index is 0.0419. The summed E-state index contributed by atoms with van der Waals surface area (Å²) >= 11 is 0. The molecule has 1 saturated carbocycles. The second kappa shape index (κ2) is 8.59. The number of nitrogens with zero attached hydrogens (tertiary/aromatic N) is 1. The average Bonchev–Trinajstić information content (AvgIpc) is 3.52. The van der Waals surface area contributed by atoms with E-state index >= 15 is 0 Å². The number of nitrogens with one attached hydrogen (secondary N) is 2. The number of carbonyl (C=O) groups is 2. The molecule has 0 saturated heterocycles. The number of carbonyl (C=O) groups excluding carboxylic acids is 2. The Labute approximate surface area is 169 Å². The molecule has 0 spiro atoms. The molecule has 3 rings (SSSR count). The Hall–Kier alpha value is -2.96. The van der Waals surface area contributed by atoms with Crippen LogP contribution in [-0.4, -0.2) is 23.9 Å². The van der Waals surface area contributed by atoms with Crippen molar-refractivity contribution in [2.75, 3.05) is 0 Å². The van der Waals surface area contributed by atoms with Gasteiger partial charge in [-0.3, -0.25) is 9.59 Å². The minimum atomic E-state index is -0.556. The summed E-state index contributed by atoms with van der Waals surface area (Å²) in [7, 11) is 0. The smallest absolute Gasteiger partial charge is 0.257 e. The molecular formula is C22H26FN3O3. The van der Waals surface area contributed by atoms with Crippen molar-refractivity contribution in [3.63, 3.8) is 0 Å². The molecule has 1 aromatic carbocycles. The van der Waals surface area contributed by atoms with Crippen molar-refractivity contribution < 1.29 is 18.7 Å². The first-order valence-corrected chi connectivity index (χ1v) is 9.99. The van der Waals surface area contributed by atoms with Gasteiger partial charge in [0, 0.05) is 23.7 Å². The Morgan fingerprint density at radius 2 is 1.86 bits per heavy atom. The van der Waals surface area contributed by atoms with E-state index in [0.717, 1.165) is 25.7 Å². The van der Waals surface area contributed by atoms with Gasteiger partial charge in [-0.15, -0.1) is 0 Å². The Morgan fingerprint density at radius 3 is 2.45 bits per heavy atom. The summed E-state index contributed by atoms with van der Waals surface area (Å²) in [6.07, 6.45) is 4.63. The summed E-state index contributed by atoms with van der Waals surface area (Å²) in [6, 6.07) is 5.91. The molecule has 1 aromatic heterocycles. The van der Waals surface area contributed by atoms with Gasteiger partial charge in [0.05, 0.1) is 5.56 Å². The van der Waals surface area contributed by atoms with Gasteiger partial charge < -0.3 is 15.8 Å². The lowest BCUT2D eigenvalue weighted by molar-refractivity contribution is -0.593. The summed E-state index contributed by atoms with van der Waals surface area (Å²) < 4.78 is 15.0. The fourth-order valence-electron chi connectivity index (χ4n) is 3.16. The number of aromatic nitrogens is 1. The summed E-state index contributed by atoms with van der Waals surface area (Å²) in [6.45, 7) is 5.52. The summed E-state index contributed by atoms with van der Waals surface area (Å²) in [5.41, 5.74) is 1.18. The third kappa shape index (κ3) is 4.72. The van der Waals surface area contributed by atoms with E-state index in [1.54, 1.807) is 6.92 Å². The van der Waals surface area contributed by atoms with Gasteiger partial charge in [0.15, 0.2) is 6.20 Å². The third-order valence-electron chi connectivity index (χ3n) is 5.29. The molecule has 154 valence electrons. The van der Waals surface area contributed by atoms with Crippen LogP contribution in [-0.2, 0) is 0 Å². The lowest BCUT2D eigenvalue weighted by atomic mass is 10.00. The van der Waals surface area contributed by atoms with Gasteiger partial charge in [0.25, 0.3) is 11.8 Å². The molecule has 0 radical (unpaired) electrons. The van der Waals surface area contributed by atoms with E-state index in [1.807, 2.05) is 13.8 Å². The molecule has 2 aromatic rings. The van der Waals surface area contributed by atoms with Crippen LogP contribution in [0, 0.1) is 17.9 Å². The van der Waals surface area contributed by atoms with E-state index in [1.165, 1.54) is 30.5 Å². The molecule has 1 aliphatic carbocycles. The second-order valence-corrected chi connectivity index (χ2v) is 7.49. The molecule has 0 unspecified atom stereocenters. The van der Waals surface area contributed by atoms with Crippen LogP contribution in [0.25, 0.3) is 11.3 Å². The monoisotopic (exact) mass is 399 g/mol. The first-order chi connectivity index (χ1) is 13.8. The van der Waals surface area contributed by atoms with Crippen molar-refractivity contribution in [1.82, 2.24) is 10.6 Å². The normalized spacial score (nSPS) is 13.4. The standard InChI is InChI=1S/C22H26FN3O3/c1-4-16(5-2)24-21(27)14-6-9-20(26(29)12-14)18-10-15(11-19(23)13(18)3)22(28)25-17-7-8-17/h6,9-12,16-17H,4-5,7-8H2,1-3H3,(H,24,27)(H,25,28). The third-order valence-corrected chi connectivity index (χ3v) is 5.29. The molecule has 0 aliphatic heterocycles. The molecule has 29 heavy (non-hydrogen) atoms. The van der Waals surface area contributed by atoms with Gasteiger partial charge in [-0.2, -0.15) is 4.73 Å². The summed E-state index contributed by atoms with van der Waals surface area (Å²) in [5, 5.41) is 18.3. The van der Waals surface area contributed by atoms with Crippen LogP contribution in [0.3, 0.4) is 0 Å². The van der Waals surface area contributed by atoms with Crippen LogP contribution in [0.5, 0.6) is 0 Å². The quantitative estimate of drug-likeness (QED) is 0.554. The maximum absolute atomic E-state index is 14.4. The molecule has 0 bridgehead atoms. The zero-order chi connectivity index (χ0) is 21.1. The van der Waals surface area contributed by atoms with Gasteiger partial charge in [-0.25, -0.2) is 4.39 Å². The van der Waals surface area contributed by atoms with E-state index in [2.05, 4.69) is 10.6 Å². The predicted molar refractivity (Wildman–Crippen MR) is 108 cm³/mol. The highest BCUT2D eigenvalue weighted by Crippen LogP contribution is 2.26. The number of amides is 2. The van der Waals surface area contributed by atoms with Crippen LogP contribution < -0.4 is 15.4 Å². The molecular weight excluding hydrogens is 373 g/mol. The Kier molecular flexibility index (Phi) is 6.15. The number of halogens is 1. The van der Waals surface area contributed by atoms with Crippen LogP contribution in [0.1, 0.15) is 65.8 Å². The molecule has 2 N–H and O–H groups in total. The highest BCUT2D eigenvalue weighted by atomic mass is 19.1. The van der Waals surface area contributed by atoms with E-state index < -0.39 is 5.82 Å². The molecule has 1 fully saturated rings. The summed E-state index contributed by atoms with van der Waals surface area (Å²) in [5.74, 6) is -1.24. The molecule has 1 heterocycles. The minimum Gasteiger partial charge on any atom is -0.618 e. The number of hydrogen-bond donors (Lipinski definition) is 2. The van der Waals surface area contributed by atoms with Crippen LogP contribution in [0.4, 0.5) is 4.39 Å². The first-order valence-electron chi connectivity index (χ1n) is 9.99. The Morgan fingerprint density at radius 1 is 1.17 bits per heavy atom. The number of benzene rings is 1. The maximum atomic E-state index is 14.4. The molecule has 6 nitrogen and oxygen atoms in total. The SMILES string of the molecule is CCC(CC)NC(=O)c1ccc(-c2cc(C(=O)NC3CC3)cc(F)c2C)[n+]([O-])c1. The number of pyridine rings is 1. The zero-order valence-electron chi connectivity index (χ0n) is 16.9. The molecule has 7 heteroatoms. The van der Waals surface area contributed by atoms with Gasteiger partial charge in [0.2, 0.25) is 5.69 Å². The Bertz CT molecular complexity index is 937. The average molecular weight is 399 g/mol. The van der Waals surface area contributed by atoms with E-state index in [4.69, 9.17) is 0 Å². The first kappa shape index (κ1) is 20.8. The van der Waals surface area contributed by atoms with Crippen LogP contribution in [0.15, 0.2) is 30.5 Å². The van der Waals surface area contributed by atoms with Crippen molar-refractivity contribution in [3.8, 4) is 11.3 Å². The molecule has 0 atom stereocenters. The summed E-state index contributed by atoms with van der Waals surface area (Å²) in [4.78, 5) is 24.7. The lowest BCUT2D eigenvalue weighted by Crippen LogP contribution is -2.37.